The van der Waals surface area contributed by atoms with Crippen LogP contribution in [-0.2, 0) is 6.54 Å². The van der Waals surface area contributed by atoms with Crippen LogP contribution in [0.2, 0.25) is 0 Å². The molecule has 0 unspecified atom stereocenters. The van der Waals surface area contributed by atoms with Crippen molar-refractivity contribution >= 4 is 26.5 Å². The SMILES string of the molecule is c1ccc(-c2nc3sc4ccccc4n3c2CN2CCNCC2)cc1. The van der Waals surface area contributed by atoms with E-state index in [-0.39, 0.29) is 0 Å². The summed E-state index contributed by atoms with van der Waals surface area (Å²) in [5, 5.41) is 3.44. The zero-order chi connectivity index (χ0) is 16.6. The third kappa shape index (κ3) is 2.65. The minimum absolute atomic E-state index is 0.938. The van der Waals surface area contributed by atoms with Crippen molar-refractivity contribution in [2.45, 2.75) is 6.54 Å². The lowest BCUT2D eigenvalue weighted by Gasteiger charge is -2.27. The maximum absolute atomic E-state index is 5.02. The van der Waals surface area contributed by atoms with Gasteiger partial charge in [0.25, 0.3) is 0 Å². The first-order valence-electron chi connectivity index (χ1n) is 8.77. The van der Waals surface area contributed by atoms with Crippen LogP contribution in [0.4, 0.5) is 0 Å². The van der Waals surface area contributed by atoms with Gasteiger partial charge in [0, 0.05) is 38.3 Å². The summed E-state index contributed by atoms with van der Waals surface area (Å²) in [5.74, 6) is 0. The minimum atomic E-state index is 0.938. The molecule has 5 rings (SSSR count). The zero-order valence-corrected chi connectivity index (χ0v) is 14.8. The van der Waals surface area contributed by atoms with E-state index in [0.717, 1.165) is 43.4 Å². The Morgan fingerprint density at radius 2 is 1.72 bits per heavy atom. The van der Waals surface area contributed by atoms with Gasteiger partial charge in [0.05, 0.1) is 21.6 Å². The highest BCUT2D eigenvalue weighted by molar-refractivity contribution is 7.23. The lowest BCUT2D eigenvalue weighted by atomic mass is 10.1. The molecule has 3 heterocycles. The summed E-state index contributed by atoms with van der Waals surface area (Å²) in [7, 11) is 0. The number of hydrogen-bond acceptors (Lipinski definition) is 4. The van der Waals surface area contributed by atoms with Gasteiger partial charge in [-0.25, -0.2) is 4.98 Å². The maximum Gasteiger partial charge on any atom is 0.195 e. The van der Waals surface area contributed by atoms with E-state index in [2.05, 4.69) is 69.2 Å². The monoisotopic (exact) mass is 348 g/mol. The predicted molar refractivity (Wildman–Crippen MR) is 104 cm³/mol. The molecule has 25 heavy (non-hydrogen) atoms. The van der Waals surface area contributed by atoms with Crippen LogP contribution in [0, 0.1) is 0 Å². The Bertz CT molecular complexity index is 1010. The van der Waals surface area contributed by atoms with Gasteiger partial charge < -0.3 is 5.32 Å². The summed E-state index contributed by atoms with van der Waals surface area (Å²) < 4.78 is 3.66. The Hall–Kier alpha value is -2.21. The second kappa shape index (κ2) is 6.26. The average Bonchev–Trinajstić information content (AvgIpc) is 3.20. The van der Waals surface area contributed by atoms with E-state index in [9.17, 15) is 0 Å². The molecule has 1 fully saturated rings. The number of benzene rings is 2. The van der Waals surface area contributed by atoms with Crippen LogP contribution in [0.5, 0.6) is 0 Å². The Morgan fingerprint density at radius 3 is 2.56 bits per heavy atom. The van der Waals surface area contributed by atoms with Crippen molar-refractivity contribution < 1.29 is 0 Å². The molecule has 1 aliphatic rings. The van der Waals surface area contributed by atoms with E-state index in [1.54, 1.807) is 11.3 Å². The van der Waals surface area contributed by atoms with Gasteiger partial charge in [0.2, 0.25) is 0 Å². The lowest BCUT2D eigenvalue weighted by molar-refractivity contribution is 0.231. The second-order valence-electron chi connectivity index (χ2n) is 6.49. The first-order valence-corrected chi connectivity index (χ1v) is 9.59. The van der Waals surface area contributed by atoms with E-state index in [0.29, 0.717) is 0 Å². The molecule has 0 bridgehead atoms. The van der Waals surface area contributed by atoms with E-state index in [1.165, 1.54) is 21.5 Å². The van der Waals surface area contributed by atoms with E-state index in [4.69, 9.17) is 4.98 Å². The molecule has 4 aromatic rings. The Balaban J connectivity index is 1.71. The van der Waals surface area contributed by atoms with Gasteiger partial charge in [0.1, 0.15) is 0 Å². The highest BCUT2D eigenvalue weighted by Gasteiger charge is 2.21. The van der Waals surface area contributed by atoms with Gasteiger partial charge in [-0.1, -0.05) is 53.8 Å². The van der Waals surface area contributed by atoms with Crippen molar-refractivity contribution in [2.75, 3.05) is 26.2 Å². The summed E-state index contributed by atoms with van der Waals surface area (Å²) in [4.78, 5) is 8.64. The molecule has 2 aromatic heterocycles. The third-order valence-electron chi connectivity index (χ3n) is 4.88. The number of rotatable bonds is 3. The number of para-hydroxylation sites is 1. The fraction of sp³-hybridized carbons (Fsp3) is 0.250. The number of nitrogens with one attached hydrogen (secondary N) is 1. The van der Waals surface area contributed by atoms with E-state index >= 15 is 0 Å². The molecule has 5 heteroatoms. The topological polar surface area (TPSA) is 32.6 Å². The molecular formula is C20H20N4S. The fourth-order valence-corrected chi connectivity index (χ4v) is 4.67. The van der Waals surface area contributed by atoms with Crippen LogP contribution in [0.25, 0.3) is 26.4 Å². The quantitative estimate of drug-likeness (QED) is 0.614. The number of fused-ring (bicyclic) bond motifs is 3. The van der Waals surface area contributed by atoms with Gasteiger partial charge in [-0.05, 0) is 12.1 Å². The molecule has 0 spiro atoms. The summed E-state index contributed by atoms with van der Waals surface area (Å²) in [6.45, 7) is 5.24. The summed E-state index contributed by atoms with van der Waals surface area (Å²) in [6, 6.07) is 19.2. The zero-order valence-electron chi connectivity index (χ0n) is 14.0. The van der Waals surface area contributed by atoms with E-state index in [1.807, 2.05) is 0 Å². The van der Waals surface area contributed by atoms with Gasteiger partial charge in [-0.2, -0.15) is 0 Å². The highest BCUT2D eigenvalue weighted by Crippen LogP contribution is 2.33. The Labute approximate surface area is 150 Å². The largest absolute Gasteiger partial charge is 0.314 e. The first kappa shape index (κ1) is 15.1. The maximum atomic E-state index is 5.02. The molecule has 126 valence electrons. The van der Waals surface area contributed by atoms with Crippen LogP contribution < -0.4 is 5.32 Å². The Morgan fingerprint density at radius 1 is 0.960 bits per heavy atom. The average molecular weight is 348 g/mol. The molecular weight excluding hydrogens is 328 g/mol. The van der Waals surface area contributed by atoms with Crippen molar-refractivity contribution in [1.82, 2.24) is 19.6 Å². The fourth-order valence-electron chi connectivity index (χ4n) is 3.63. The lowest BCUT2D eigenvalue weighted by Crippen LogP contribution is -2.43. The molecule has 0 atom stereocenters. The molecule has 2 aromatic carbocycles. The number of imidazole rings is 1. The van der Waals surface area contributed by atoms with Crippen LogP contribution in [0.15, 0.2) is 54.6 Å². The first-order chi connectivity index (χ1) is 12.4. The van der Waals surface area contributed by atoms with Crippen molar-refractivity contribution in [3.8, 4) is 11.3 Å². The second-order valence-corrected chi connectivity index (χ2v) is 7.50. The number of aromatic nitrogens is 2. The molecule has 0 saturated carbocycles. The Kier molecular flexibility index (Phi) is 3.77. The number of thiazole rings is 1. The number of hydrogen-bond donors (Lipinski definition) is 1. The third-order valence-corrected chi connectivity index (χ3v) is 5.90. The molecule has 0 aliphatic carbocycles. The van der Waals surface area contributed by atoms with Crippen molar-refractivity contribution in [3.63, 3.8) is 0 Å². The molecule has 1 saturated heterocycles. The minimum Gasteiger partial charge on any atom is -0.314 e. The molecule has 1 aliphatic heterocycles. The standard InChI is InChI=1S/C20H20N4S/c1-2-6-15(7-3-1)19-17(14-23-12-10-21-11-13-23)24-16-8-4-5-9-18(16)25-20(24)22-19/h1-9,21H,10-14H2. The summed E-state index contributed by atoms with van der Waals surface area (Å²) in [5.41, 5.74) is 4.90. The van der Waals surface area contributed by atoms with Gasteiger partial charge in [0.15, 0.2) is 4.96 Å². The van der Waals surface area contributed by atoms with Crippen LogP contribution in [0.1, 0.15) is 5.69 Å². The number of piperazine rings is 1. The van der Waals surface area contributed by atoms with Crippen LogP contribution >= 0.6 is 11.3 Å². The van der Waals surface area contributed by atoms with Crippen LogP contribution in [-0.4, -0.2) is 40.5 Å². The van der Waals surface area contributed by atoms with E-state index < -0.39 is 0 Å². The van der Waals surface area contributed by atoms with Crippen molar-refractivity contribution in [2.24, 2.45) is 0 Å². The van der Waals surface area contributed by atoms with Crippen LogP contribution in [0.3, 0.4) is 0 Å². The predicted octanol–water partition coefficient (Wildman–Crippen LogP) is 3.62. The van der Waals surface area contributed by atoms with Gasteiger partial charge in [-0.15, -0.1) is 0 Å². The highest BCUT2D eigenvalue weighted by atomic mass is 32.1. The molecule has 0 radical (unpaired) electrons. The summed E-state index contributed by atoms with van der Waals surface area (Å²) >= 11 is 1.77. The van der Waals surface area contributed by atoms with Gasteiger partial charge >= 0.3 is 0 Å². The summed E-state index contributed by atoms with van der Waals surface area (Å²) in [6.07, 6.45) is 0. The van der Waals surface area contributed by atoms with Gasteiger partial charge in [-0.3, -0.25) is 9.30 Å². The molecule has 4 nitrogen and oxygen atoms in total. The molecule has 1 N–H and O–H groups in total. The smallest absolute Gasteiger partial charge is 0.195 e. The van der Waals surface area contributed by atoms with Crippen molar-refractivity contribution in [3.05, 3.63) is 60.3 Å². The van der Waals surface area contributed by atoms with Crippen molar-refractivity contribution in [1.29, 1.82) is 0 Å². The number of nitrogens with zero attached hydrogens (tertiary/aromatic N) is 3. The normalized spacial score (nSPS) is 16.0. The molecule has 0 amide bonds.